The number of rotatable bonds is 6. The molecule has 0 aliphatic carbocycles. The van der Waals surface area contributed by atoms with Crippen LogP contribution in [-0.2, 0) is 4.79 Å². The zero-order chi connectivity index (χ0) is 13.7. The number of aromatic nitrogens is 1. The van der Waals surface area contributed by atoms with Crippen LogP contribution in [0.15, 0.2) is 16.7 Å². The van der Waals surface area contributed by atoms with Gasteiger partial charge in [-0.15, -0.1) is 0 Å². The second-order valence-electron chi connectivity index (χ2n) is 3.60. The summed E-state index contributed by atoms with van der Waals surface area (Å²) in [6.45, 7) is 1.87. The zero-order valence-corrected chi connectivity index (χ0v) is 11.2. The Balaban J connectivity index is 2.90. The van der Waals surface area contributed by atoms with E-state index in [2.05, 4.69) is 26.2 Å². The van der Waals surface area contributed by atoms with Gasteiger partial charge >= 0.3 is 5.97 Å². The van der Waals surface area contributed by atoms with Crippen molar-refractivity contribution in [1.29, 1.82) is 0 Å². The normalized spacial score (nSPS) is 11.9. The molecular formula is C10H12BrN3O4. The Kier molecular flexibility index (Phi) is 5.02. The van der Waals surface area contributed by atoms with E-state index >= 15 is 0 Å². The SMILES string of the molecule is CCCC(Nc1ncc([N+](=O)[O-])cc1Br)C(=O)O. The summed E-state index contributed by atoms with van der Waals surface area (Å²) in [6, 6.07) is 0.514. The van der Waals surface area contributed by atoms with Gasteiger partial charge in [0.1, 0.15) is 18.1 Å². The standard InChI is InChI=1S/C10H12BrN3O4/c1-2-3-8(10(15)16)13-9-7(11)4-6(5-12-9)14(17)18/h4-5,8H,2-3H2,1H3,(H,12,13)(H,15,16). The number of carboxylic acid groups (broad SMARTS) is 1. The molecule has 18 heavy (non-hydrogen) atoms. The Morgan fingerprint density at radius 3 is 2.83 bits per heavy atom. The predicted octanol–water partition coefficient (Wildman–Crippen LogP) is 2.42. The van der Waals surface area contributed by atoms with Gasteiger partial charge in [-0.3, -0.25) is 10.1 Å². The molecule has 0 bridgehead atoms. The molecule has 0 aliphatic rings. The van der Waals surface area contributed by atoms with Crippen LogP contribution in [0, 0.1) is 10.1 Å². The molecule has 0 fully saturated rings. The lowest BCUT2D eigenvalue weighted by atomic mass is 10.1. The maximum Gasteiger partial charge on any atom is 0.326 e. The fraction of sp³-hybridized carbons (Fsp3) is 0.400. The third-order valence-electron chi connectivity index (χ3n) is 2.22. The molecule has 1 aromatic heterocycles. The Hall–Kier alpha value is -1.70. The number of hydrogen-bond donors (Lipinski definition) is 2. The van der Waals surface area contributed by atoms with E-state index in [1.54, 1.807) is 0 Å². The van der Waals surface area contributed by atoms with Gasteiger partial charge in [0.2, 0.25) is 0 Å². The summed E-state index contributed by atoms with van der Waals surface area (Å²) < 4.78 is 0.360. The molecule has 0 aromatic carbocycles. The highest BCUT2D eigenvalue weighted by atomic mass is 79.9. The topological polar surface area (TPSA) is 105 Å². The van der Waals surface area contributed by atoms with E-state index in [0.717, 1.165) is 6.20 Å². The van der Waals surface area contributed by atoms with Gasteiger partial charge in [0.15, 0.2) is 0 Å². The average molecular weight is 318 g/mol. The summed E-state index contributed by atoms with van der Waals surface area (Å²) >= 11 is 3.12. The van der Waals surface area contributed by atoms with Crippen molar-refractivity contribution in [2.24, 2.45) is 0 Å². The Bertz CT molecular complexity index is 466. The smallest absolute Gasteiger partial charge is 0.326 e. The minimum absolute atomic E-state index is 0.158. The molecule has 2 N–H and O–H groups in total. The second kappa shape index (κ2) is 6.29. The van der Waals surface area contributed by atoms with E-state index in [9.17, 15) is 14.9 Å². The Morgan fingerprint density at radius 1 is 1.72 bits per heavy atom. The Morgan fingerprint density at radius 2 is 2.39 bits per heavy atom. The monoisotopic (exact) mass is 317 g/mol. The minimum atomic E-state index is -0.982. The van der Waals surface area contributed by atoms with Crippen molar-refractivity contribution in [1.82, 2.24) is 4.98 Å². The van der Waals surface area contributed by atoms with Gasteiger partial charge in [0, 0.05) is 6.07 Å². The Labute approximate surface area is 112 Å². The van der Waals surface area contributed by atoms with Crippen LogP contribution in [0.4, 0.5) is 11.5 Å². The maximum absolute atomic E-state index is 11.0. The first kappa shape index (κ1) is 14.4. The molecule has 1 rings (SSSR count). The fourth-order valence-corrected chi connectivity index (χ4v) is 1.80. The number of carboxylic acids is 1. The molecule has 8 heteroatoms. The molecule has 1 atom stereocenters. The second-order valence-corrected chi connectivity index (χ2v) is 4.46. The molecule has 0 saturated heterocycles. The molecule has 0 spiro atoms. The van der Waals surface area contributed by atoms with E-state index < -0.39 is 16.9 Å². The van der Waals surface area contributed by atoms with Crippen LogP contribution in [0.1, 0.15) is 19.8 Å². The van der Waals surface area contributed by atoms with Gasteiger partial charge in [-0.05, 0) is 22.4 Å². The lowest BCUT2D eigenvalue weighted by Gasteiger charge is -2.14. The fourth-order valence-electron chi connectivity index (χ4n) is 1.34. The lowest BCUT2D eigenvalue weighted by molar-refractivity contribution is -0.385. The number of nitrogens with zero attached hydrogens (tertiary/aromatic N) is 2. The van der Waals surface area contributed by atoms with Crippen LogP contribution >= 0.6 is 15.9 Å². The van der Waals surface area contributed by atoms with Crippen molar-refractivity contribution < 1.29 is 14.8 Å². The zero-order valence-electron chi connectivity index (χ0n) is 9.59. The summed E-state index contributed by atoms with van der Waals surface area (Å²) in [4.78, 5) is 24.8. The summed E-state index contributed by atoms with van der Waals surface area (Å²) in [5, 5.41) is 22.2. The van der Waals surface area contributed by atoms with E-state index in [-0.39, 0.29) is 11.5 Å². The number of carbonyl (C=O) groups is 1. The van der Waals surface area contributed by atoms with Crippen molar-refractivity contribution in [3.05, 3.63) is 26.9 Å². The quantitative estimate of drug-likeness (QED) is 0.616. The van der Waals surface area contributed by atoms with Crippen LogP contribution in [0.5, 0.6) is 0 Å². The molecule has 0 amide bonds. The van der Waals surface area contributed by atoms with Crippen LogP contribution < -0.4 is 5.32 Å². The third-order valence-corrected chi connectivity index (χ3v) is 2.83. The van der Waals surface area contributed by atoms with Gasteiger partial charge in [-0.2, -0.15) is 0 Å². The molecule has 1 unspecified atom stereocenters. The van der Waals surface area contributed by atoms with Gasteiger partial charge in [0.05, 0.1) is 9.40 Å². The number of pyridine rings is 1. The minimum Gasteiger partial charge on any atom is -0.480 e. The van der Waals surface area contributed by atoms with Gasteiger partial charge in [0.25, 0.3) is 5.69 Å². The first-order valence-corrected chi connectivity index (χ1v) is 6.04. The number of halogens is 1. The predicted molar refractivity (Wildman–Crippen MR) is 68.5 cm³/mol. The van der Waals surface area contributed by atoms with Crippen LogP contribution in [0.25, 0.3) is 0 Å². The first-order chi connectivity index (χ1) is 8.45. The van der Waals surface area contributed by atoms with Crippen LogP contribution in [-0.4, -0.2) is 27.0 Å². The highest BCUT2D eigenvalue weighted by Crippen LogP contribution is 2.25. The largest absolute Gasteiger partial charge is 0.480 e. The van der Waals surface area contributed by atoms with Crippen LogP contribution in [0.3, 0.4) is 0 Å². The molecular weight excluding hydrogens is 306 g/mol. The van der Waals surface area contributed by atoms with E-state index in [1.807, 2.05) is 6.92 Å². The molecule has 1 aromatic rings. The highest BCUT2D eigenvalue weighted by Gasteiger charge is 2.19. The number of nitrogens with one attached hydrogen (secondary N) is 1. The highest BCUT2D eigenvalue weighted by molar-refractivity contribution is 9.10. The van der Waals surface area contributed by atoms with Gasteiger partial charge < -0.3 is 10.4 Å². The van der Waals surface area contributed by atoms with Crippen molar-refractivity contribution in [3.63, 3.8) is 0 Å². The van der Waals surface area contributed by atoms with Crippen molar-refractivity contribution >= 4 is 33.4 Å². The summed E-state index contributed by atoms with van der Waals surface area (Å²) in [6.07, 6.45) is 2.23. The van der Waals surface area contributed by atoms with Crippen molar-refractivity contribution in [2.75, 3.05) is 5.32 Å². The first-order valence-electron chi connectivity index (χ1n) is 5.25. The van der Waals surface area contributed by atoms with Gasteiger partial charge in [-0.25, -0.2) is 9.78 Å². The van der Waals surface area contributed by atoms with Crippen molar-refractivity contribution in [2.45, 2.75) is 25.8 Å². The van der Waals surface area contributed by atoms with Crippen LogP contribution in [0.2, 0.25) is 0 Å². The number of anilines is 1. The number of nitro groups is 1. The summed E-state index contributed by atoms with van der Waals surface area (Å²) in [7, 11) is 0. The maximum atomic E-state index is 11.0. The molecule has 0 aliphatic heterocycles. The van der Waals surface area contributed by atoms with E-state index in [4.69, 9.17) is 5.11 Å². The third kappa shape index (κ3) is 3.66. The molecule has 0 radical (unpaired) electrons. The average Bonchev–Trinajstić information content (AvgIpc) is 2.30. The molecule has 98 valence electrons. The van der Waals surface area contributed by atoms with Crippen molar-refractivity contribution in [3.8, 4) is 0 Å². The molecule has 1 heterocycles. The van der Waals surface area contributed by atoms with E-state index in [1.165, 1.54) is 6.07 Å². The molecule has 0 saturated carbocycles. The van der Waals surface area contributed by atoms with Gasteiger partial charge in [-0.1, -0.05) is 13.3 Å². The number of hydrogen-bond acceptors (Lipinski definition) is 5. The lowest BCUT2D eigenvalue weighted by Crippen LogP contribution is -2.29. The summed E-state index contributed by atoms with van der Waals surface area (Å²) in [5.74, 6) is -0.703. The van der Waals surface area contributed by atoms with E-state index in [0.29, 0.717) is 17.3 Å². The number of aliphatic carboxylic acids is 1. The summed E-state index contributed by atoms with van der Waals surface area (Å²) in [5.41, 5.74) is -0.158. The molecule has 7 nitrogen and oxygen atoms in total.